The number of hydrogen-bond acceptors (Lipinski definition) is 3. The maximum atomic E-state index is 12.3. The molecule has 1 N–H and O–H groups in total. The lowest BCUT2D eigenvalue weighted by Crippen LogP contribution is -2.45. The Morgan fingerprint density at radius 3 is 2.71 bits per heavy atom. The van der Waals surface area contributed by atoms with Crippen molar-refractivity contribution < 1.29 is 19.4 Å². The Bertz CT molecular complexity index is 592. The summed E-state index contributed by atoms with van der Waals surface area (Å²) in [6, 6.07) is 5.65. The van der Waals surface area contributed by atoms with Gasteiger partial charge in [-0.2, -0.15) is 0 Å². The Hall–Kier alpha value is -2.30. The Morgan fingerprint density at radius 2 is 2.10 bits per heavy atom. The van der Waals surface area contributed by atoms with E-state index in [-0.39, 0.29) is 17.9 Å². The van der Waals surface area contributed by atoms with Crippen molar-refractivity contribution in [1.29, 1.82) is 0 Å². The molecule has 0 aromatic heterocycles. The molecule has 5 heteroatoms. The Labute approximate surface area is 123 Å². The summed E-state index contributed by atoms with van der Waals surface area (Å²) in [5.41, 5.74) is 1.70. The molecular formula is C16H19NO4. The number of amides is 1. The van der Waals surface area contributed by atoms with Crippen LogP contribution in [0.5, 0.6) is 5.75 Å². The van der Waals surface area contributed by atoms with Crippen molar-refractivity contribution >= 4 is 17.6 Å². The van der Waals surface area contributed by atoms with E-state index in [2.05, 4.69) is 0 Å². The molecule has 112 valence electrons. The molecule has 0 radical (unpaired) electrons. The van der Waals surface area contributed by atoms with Crippen LogP contribution >= 0.6 is 0 Å². The maximum absolute atomic E-state index is 12.3. The second-order valence-electron chi connectivity index (χ2n) is 5.49. The molecular weight excluding hydrogens is 270 g/mol. The number of hydrogen-bond donors (Lipinski definition) is 1. The van der Waals surface area contributed by atoms with Gasteiger partial charge in [-0.15, -0.1) is 0 Å². The molecule has 1 aromatic carbocycles. The zero-order valence-electron chi connectivity index (χ0n) is 12.4. The number of carbonyl (C=O) groups excluding carboxylic acids is 1. The summed E-state index contributed by atoms with van der Waals surface area (Å²) in [6.07, 6.45) is 1.83. The normalized spacial score (nSPS) is 17.7. The van der Waals surface area contributed by atoms with Gasteiger partial charge in [-0.25, -0.2) is 4.79 Å². The van der Waals surface area contributed by atoms with Gasteiger partial charge in [0.15, 0.2) is 0 Å². The molecule has 1 aliphatic rings. The average molecular weight is 289 g/mol. The van der Waals surface area contributed by atoms with Gasteiger partial charge in [0.1, 0.15) is 11.9 Å². The number of aryl methyl sites for hydroxylation is 1. The Kier molecular flexibility index (Phi) is 4.31. The number of carbonyl (C=O) groups is 2. The van der Waals surface area contributed by atoms with Crippen LogP contribution in [0, 0.1) is 12.8 Å². The molecule has 1 aromatic rings. The van der Waals surface area contributed by atoms with Crippen molar-refractivity contribution in [2.24, 2.45) is 5.92 Å². The number of anilines is 1. The topological polar surface area (TPSA) is 66.8 Å². The number of fused-ring (bicyclic) bond motifs is 1. The molecule has 0 bridgehead atoms. The van der Waals surface area contributed by atoms with Crippen LogP contribution in [-0.4, -0.2) is 29.6 Å². The van der Waals surface area contributed by atoms with E-state index < -0.39 is 5.97 Å². The molecule has 0 aliphatic carbocycles. The molecule has 1 amide bonds. The summed E-state index contributed by atoms with van der Waals surface area (Å²) in [5, 5.41) is 8.66. The van der Waals surface area contributed by atoms with Crippen molar-refractivity contribution in [2.75, 3.05) is 11.4 Å². The molecule has 21 heavy (non-hydrogen) atoms. The van der Waals surface area contributed by atoms with Crippen molar-refractivity contribution in [3.63, 3.8) is 0 Å². The molecule has 0 fully saturated rings. The van der Waals surface area contributed by atoms with E-state index in [1.54, 1.807) is 4.90 Å². The van der Waals surface area contributed by atoms with Crippen LogP contribution in [0.3, 0.4) is 0 Å². The van der Waals surface area contributed by atoms with Gasteiger partial charge in [0.2, 0.25) is 0 Å². The number of nitrogens with zero attached hydrogens (tertiary/aromatic N) is 1. The Morgan fingerprint density at radius 1 is 1.38 bits per heavy atom. The third-order valence-corrected chi connectivity index (χ3v) is 3.42. The molecule has 0 saturated carbocycles. The van der Waals surface area contributed by atoms with Crippen LogP contribution in [0.25, 0.3) is 0 Å². The van der Waals surface area contributed by atoms with Gasteiger partial charge in [-0.1, -0.05) is 19.9 Å². The summed E-state index contributed by atoms with van der Waals surface area (Å²) in [6.45, 7) is 6.40. The first-order valence-corrected chi connectivity index (χ1v) is 6.88. The number of carboxylic acid groups (broad SMARTS) is 1. The van der Waals surface area contributed by atoms with Gasteiger partial charge < -0.3 is 14.7 Å². The molecule has 1 heterocycles. The summed E-state index contributed by atoms with van der Waals surface area (Å²) in [7, 11) is 0. The van der Waals surface area contributed by atoms with E-state index in [0.717, 1.165) is 17.7 Å². The highest BCUT2D eigenvalue weighted by atomic mass is 16.5. The molecule has 0 saturated heterocycles. The minimum atomic E-state index is -1.14. The van der Waals surface area contributed by atoms with Crippen molar-refractivity contribution in [3.8, 4) is 5.75 Å². The minimum absolute atomic E-state index is 0.109. The van der Waals surface area contributed by atoms with Gasteiger partial charge in [0, 0.05) is 12.2 Å². The van der Waals surface area contributed by atoms with E-state index in [1.165, 1.54) is 0 Å². The van der Waals surface area contributed by atoms with Crippen LogP contribution in [0.2, 0.25) is 0 Å². The molecule has 0 spiro atoms. The number of rotatable bonds is 3. The Balaban J connectivity index is 2.37. The number of carboxylic acids is 1. The molecule has 1 aliphatic heterocycles. The average Bonchev–Trinajstić information content (AvgIpc) is 2.43. The zero-order valence-corrected chi connectivity index (χ0v) is 12.4. The van der Waals surface area contributed by atoms with Gasteiger partial charge in [-0.3, -0.25) is 4.79 Å². The predicted octanol–water partition coefficient (Wildman–Crippen LogP) is 2.39. The number of benzene rings is 1. The fraction of sp³-hybridized carbons (Fsp3) is 0.375. The highest BCUT2D eigenvalue weighted by Gasteiger charge is 2.30. The highest BCUT2D eigenvalue weighted by Crippen LogP contribution is 2.35. The minimum Gasteiger partial charge on any atom is -0.486 e. The first-order chi connectivity index (χ1) is 9.88. The van der Waals surface area contributed by atoms with Crippen molar-refractivity contribution in [3.05, 3.63) is 35.9 Å². The maximum Gasteiger partial charge on any atom is 0.328 e. The van der Waals surface area contributed by atoms with Crippen molar-refractivity contribution in [2.45, 2.75) is 26.9 Å². The van der Waals surface area contributed by atoms with E-state index in [4.69, 9.17) is 9.84 Å². The fourth-order valence-electron chi connectivity index (χ4n) is 2.20. The summed E-state index contributed by atoms with van der Waals surface area (Å²) in [4.78, 5) is 24.4. The van der Waals surface area contributed by atoms with Gasteiger partial charge in [0.05, 0.1) is 12.2 Å². The number of aliphatic carboxylic acids is 1. The molecule has 1 unspecified atom stereocenters. The predicted molar refractivity (Wildman–Crippen MR) is 79.6 cm³/mol. The molecule has 1 atom stereocenters. The van der Waals surface area contributed by atoms with Gasteiger partial charge >= 0.3 is 5.97 Å². The van der Waals surface area contributed by atoms with Gasteiger partial charge in [0.25, 0.3) is 5.91 Å². The van der Waals surface area contributed by atoms with Crippen molar-refractivity contribution in [1.82, 2.24) is 0 Å². The quantitative estimate of drug-likeness (QED) is 0.868. The number of ether oxygens (including phenoxy) is 1. The third kappa shape index (κ3) is 3.42. The lowest BCUT2D eigenvalue weighted by Gasteiger charge is -2.36. The smallest absolute Gasteiger partial charge is 0.328 e. The van der Waals surface area contributed by atoms with Crippen LogP contribution < -0.4 is 9.64 Å². The fourth-order valence-corrected chi connectivity index (χ4v) is 2.20. The standard InChI is InChI=1S/C16H19NO4/c1-10(2)14-9-17(15(18)6-7-16(19)20)12-8-11(3)4-5-13(12)21-14/h4-8,10,14H,9H2,1-3H3,(H,19,20)/b7-6+. The lowest BCUT2D eigenvalue weighted by molar-refractivity contribution is -0.131. The van der Waals surface area contributed by atoms with E-state index in [9.17, 15) is 9.59 Å². The molecule has 5 nitrogen and oxygen atoms in total. The van der Waals surface area contributed by atoms with Crippen LogP contribution in [0.15, 0.2) is 30.4 Å². The van der Waals surface area contributed by atoms with Crippen LogP contribution in [-0.2, 0) is 9.59 Å². The van der Waals surface area contributed by atoms with Crippen LogP contribution in [0.1, 0.15) is 19.4 Å². The zero-order chi connectivity index (χ0) is 15.6. The first-order valence-electron chi connectivity index (χ1n) is 6.88. The third-order valence-electron chi connectivity index (χ3n) is 3.42. The summed E-state index contributed by atoms with van der Waals surface area (Å²) in [5.74, 6) is -0.583. The lowest BCUT2D eigenvalue weighted by atomic mass is 10.0. The summed E-state index contributed by atoms with van der Waals surface area (Å²) >= 11 is 0. The van der Waals surface area contributed by atoms with Gasteiger partial charge in [-0.05, 0) is 30.5 Å². The first kappa shape index (κ1) is 15.1. The SMILES string of the molecule is Cc1ccc2c(c1)N(C(=O)/C=C/C(=O)O)CC(C(C)C)O2. The monoisotopic (exact) mass is 289 g/mol. The van der Waals surface area contributed by atoms with E-state index in [1.807, 2.05) is 39.0 Å². The molecule has 2 rings (SSSR count). The second-order valence-corrected chi connectivity index (χ2v) is 5.49. The largest absolute Gasteiger partial charge is 0.486 e. The highest BCUT2D eigenvalue weighted by molar-refractivity contribution is 6.05. The summed E-state index contributed by atoms with van der Waals surface area (Å²) < 4.78 is 5.92. The second kappa shape index (κ2) is 5.99. The van der Waals surface area contributed by atoms with E-state index >= 15 is 0 Å². The van der Waals surface area contributed by atoms with Crippen LogP contribution in [0.4, 0.5) is 5.69 Å². The van der Waals surface area contributed by atoms with E-state index in [0.29, 0.717) is 18.0 Å².